The minimum atomic E-state index is -0.368. The van der Waals surface area contributed by atoms with Crippen LogP contribution in [0.2, 0.25) is 0 Å². The van der Waals surface area contributed by atoms with E-state index in [-0.39, 0.29) is 23.0 Å². The maximum Gasteiger partial charge on any atom is 0.292 e. The van der Waals surface area contributed by atoms with Crippen LogP contribution in [-0.2, 0) is 0 Å². The van der Waals surface area contributed by atoms with Crippen LogP contribution in [-0.4, -0.2) is 37.6 Å². The average Bonchev–Trinajstić information content (AvgIpc) is 2.45. The lowest BCUT2D eigenvalue weighted by atomic mass is 10.2. The van der Waals surface area contributed by atoms with Crippen LogP contribution in [0.3, 0.4) is 0 Å². The predicted octanol–water partition coefficient (Wildman–Crippen LogP) is -1.39. The van der Waals surface area contributed by atoms with Gasteiger partial charge >= 0.3 is 0 Å². The second kappa shape index (κ2) is 7.72. The first-order chi connectivity index (χ1) is 9.22. The SMILES string of the molecule is C=CCNc1cc(N2CCNCC2)ccc1[N+](=O)[O-].[Cl-]. The van der Waals surface area contributed by atoms with Crippen LogP contribution in [0.4, 0.5) is 17.1 Å². The average molecular weight is 298 g/mol. The van der Waals surface area contributed by atoms with Gasteiger partial charge in [-0.1, -0.05) is 6.08 Å². The lowest BCUT2D eigenvalue weighted by Gasteiger charge is -2.29. The van der Waals surface area contributed by atoms with Crippen LogP contribution in [0.25, 0.3) is 0 Å². The van der Waals surface area contributed by atoms with Gasteiger partial charge in [-0.2, -0.15) is 0 Å². The number of nitrogens with zero attached hydrogens (tertiary/aromatic N) is 2. The van der Waals surface area contributed by atoms with Gasteiger partial charge in [-0.15, -0.1) is 6.58 Å². The summed E-state index contributed by atoms with van der Waals surface area (Å²) in [4.78, 5) is 12.8. The molecule has 6 nitrogen and oxygen atoms in total. The van der Waals surface area contributed by atoms with Gasteiger partial charge in [-0.25, -0.2) is 0 Å². The maximum atomic E-state index is 11.0. The molecule has 1 aromatic carbocycles. The molecule has 0 aliphatic carbocycles. The van der Waals surface area contributed by atoms with E-state index >= 15 is 0 Å². The van der Waals surface area contributed by atoms with E-state index < -0.39 is 0 Å². The van der Waals surface area contributed by atoms with Crippen molar-refractivity contribution < 1.29 is 17.3 Å². The Balaban J connectivity index is 0.00000200. The molecule has 20 heavy (non-hydrogen) atoms. The Morgan fingerprint density at radius 2 is 2.15 bits per heavy atom. The predicted molar refractivity (Wildman–Crippen MR) is 76.9 cm³/mol. The summed E-state index contributed by atoms with van der Waals surface area (Å²) in [5.41, 5.74) is 1.65. The molecule has 1 aromatic rings. The van der Waals surface area contributed by atoms with E-state index in [2.05, 4.69) is 22.1 Å². The van der Waals surface area contributed by atoms with Crippen LogP contribution >= 0.6 is 0 Å². The molecule has 0 atom stereocenters. The van der Waals surface area contributed by atoms with Crippen molar-refractivity contribution in [2.24, 2.45) is 0 Å². The van der Waals surface area contributed by atoms with Gasteiger partial charge in [0.05, 0.1) is 4.92 Å². The number of piperazine rings is 1. The van der Waals surface area contributed by atoms with E-state index in [0.29, 0.717) is 12.2 Å². The van der Waals surface area contributed by atoms with Crippen molar-refractivity contribution in [3.05, 3.63) is 41.0 Å². The maximum absolute atomic E-state index is 11.0. The summed E-state index contributed by atoms with van der Waals surface area (Å²) in [6, 6.07) is 5.21. The van der Waals surface area contributed by atoms with E-state index in [9.17, 15) is 10.1 Å². The molecule has 1 heterocycles. The molecule has 0 spiro atoms. The monoisotopic (exact) mass is 297 g/mol. The Hall–Kier alpha value is -1.79. The van der Waals surface area contributed by atoms with Gasteiger partial charge in [0.15, 0.2) is 0 Å². The lowest BCUT2D eigenvalue weighted by Crippen LogP contribution is -3.00. The second-order valence-electron chi connectivity index (χ2n) is 4.37. The van der Waals surface area contributed by atoms with Crippen LogP contribution < -0.4 is 27.9 Å². The lowest BCUT2D eigenvalue weighted by molar-refractivity contribution is -0.383. The van der Waals surface area contributed by atoms with E-state index in [0.717, 1.165) is 31.9 Å². The van der Waals surface area contributed by atoms with Crippen molar-refractivity contribution in [2.75, 3.05) is 42.9 Å². The molecule has 1 saturated heterocycles. The molecular formula is C13H18ClN4O2-. The zero-order valence-electron chi connectivity index (χ0n) is 11.1. The van der Waals surface area contributed by atoms with Crippen molar-refractivity contribution in [1.29, 1.82) is 0 Å². The molecule has 0 bridgehead atoms. The fourth-order valence-corrected chi connectivity index (χ4v) is 2.13. The summed E-state index contributed by atoms with van der Waals surface area (Å²) in [6.07, 6.45) is 1.68. The van der Waals surface area contributed by atoms with Crippen LogP contribution in [0.5, 0.6) is 0 Å². The second-order valence-corrected chi connectivity index (χ2v) is 4.37. The molecule has 1 aliphatic heterocycles. The normalized spacial score (nSPS) is 14.3. The van der Waals surface area contributed by atoms with Gasteiger partial charge in [0.2, 0.25) is 0 Å². The third kappa shape index (κ3) is 3.85. The van der Waals surface area contributed by atoms with Gasteiger partial charge in [0.25, 0.3) is 5.69 Å². The molecule has 2 rings (SSSR count). The molecule has 0 amide bonds. The number of nitro benzene ring substituents is 1. The summed E-state index contributed by atoms with van der Waals surface area (Å²) in [7, 11) is 0. The minimum Gasteiger partial charge on any atom is -1.00 e. The van der Waals surface area contributed by atoms with Gasteiger partial charge in [-0.3, -0.25) is 10.1 Å². The first-order valence-electron chi connectivity index (χ1n) is 6.31. The summed E-state index contributed by atoms with van der Waals surface area (Å²) in [5, 5.41) is 17.3. The zero-order chi connectivity index (χ0) is 13.7. The molecule has 1 aliphatic rings. The molecule has 0 aromatic heterocycles. The molecule has 2 N–H and O–H groups in total. The molecule has 110 valence electrons. The number of rotatable bonds is 5. The number of halogens is 1. The van der Waals surface area contributed by atoms with Gasteiger partial charge < -0.3 is 27.9 Å². The Morgan fingerprint density at radius 3 is 2.75 bits per heavy atom. The first kappa shape index (κ1) is 16.3. The molecule has 1 fully saturated rings. The Labute approximate surface area is 124 Å². The summed E-state index contributed by atoms with van der Waals surface area (Å²) < 4.78 is 0. The topological polar surface area (TPSA) is 70.4 Å². The highest BCUT2D eigenvalue weighted by atomic mass is 35.5. The van der Waals surface area contributed by atoms with Crippen molar-refractivity contribution in [1.82, 2.24) is 5.32 Å². The molecule has 7 heteroatoms. The smallest absolute Gasteiger partial charge is 0.292 e. The number of benzene rings is 1. The van der Waals surface area contributed by atoms with Crippen LogP contribution in [0.15, 0.2) is 30.9 Å². The molecule has 0 saturated carbocycles. The number of hydrogen-bond acceptors (Lipinski definition) is 5. The summed E-state index contributed by atoms with van der Waals surface area (Å²) >= 11 is 0. The number of nitro groups is 1. The first-order valence-corrected chi connectivity index (χ1v) is 6.31. The highest BCUT2D eigenvalue weighted by Gasteiger charge is 2.17. The Kier molecular flexibility index (Phi) is 6.27. The van der Waals surface area contributed by atoms with Gasteiger partial charge in [0, 0.05) is 44.5 Å². The fraction of sp³-hybridized carbons (Fsp3) is 0.385. The molecular weight excluding hydrogens is 280 g/mol. The minimum absolute atomic E-state index is 0. The number of anilines is 2. The van der Waals surface area contributed by atoms with Crippen molar-refractivity contribution >= 4 is 17.1 Å². The Bertz CT molecular complexity index is 475. The number of hydrogen-bond donors (Lipinski definition) is 2. The van der Waals surface area contributed by atoms with E-state index in [1.54, 1.807) is 12.1 Å². The van der Waals surface area contributed by atoms with Gasteiger partial charge in [-0.05, 0) is 12.1 Å². The Morgan fingerprint density at radius 1 is 1.45 bits per heavy atom. The van der Waals surface area contributed by atoms with Crippen molar-refractivity contribution in [3.8, 4) is 0 Å². The molecule has 0 unspecified atom stereocenters. The van der Waals surface area contributed by atoms with E-state index in [1.807, 2.05) is 12.1 Å². The highest BCUT2D eigenvalue weighted by molar-refractivity contribution is 5.69. The quantitative estimate of drug-likeness (QED) is 0.398. The largest absolute Gasteiger partial charge is 1.00 e. The van der Waals surface area contributed by atoms with Crippen LogP contribution in [0.1, 0.15) is 0 Å². The fourth-order valence-electron chi connectivity index (χ4n) is 2.13. The third-order valence-electron chi connectivity index (χ3n) is 3.10. The highest BCUT2D eigenvalue weighted by Crippen LogP contribution is 2.29. The third-order valence-corrected chi connectivity index (χ3v) is 3.10. The standard InChI is InChI=1S/C13H18N4O2.ClH/c1-2-5-15-12-10-11(3-4-13(12)17(18)19)16-8-6-14-7-9-16;/h2-4,10,14-15H,1,5-9H2;1H/p-1. The van der Waals surface area contributed by atoms with Crippen molar-refractivity contribution in [2.45, 2.75) is 0 Å². The van der Waals surface area contributed by atoms with Crippen molar-refractivity contribution in [3.63, 3.8) is 0 Å². The molecule has 0 radical (unpaired) electrons. The van der Waals surface area contributed by atoms with E-state index in [1.165, 1.54) is 0 Å². The van der Waals surface area contributed by atoms with Crippen LogP contribution in [0, 0.1) is 10.1 Å². The summed E-state index contributed by atoms with van der Waals surface area (Å²) in [5.74, 6) is 0. The number of nitrogens with one attached hydrogen (secondary N) is 2. The summed E-state index contributed by atoms with van der Waals surface area (Å²) in [6.45, 7) is 7.82. The zero-order valence-corrected chi connectivity index (χ0v) is 11.9. The van der Waals surface area contributed by atoms with E-state index in [4.69, 9.17) is 0 Å². The van der Waals surface area contributed by atoms with Gasteiger partial charge in [0.1, 0.15) is 5.69 Å².